The van der Waals surface area contributed by atoms with Crippen LogP contribution in [0.2, 0.25) is 0 Å². The van der Waals surface area contributed by atoms with Gasteiger partial charge in [-0.3, -0.25) is 4.98 Å². The van der Waals surface area contributed by atoms with Gasteiger partial charge in [0.25, 0.3) is 10.0 Å². The minimum Gasteiger partial charge on any atom is -0.465 e. The summed E-state index contributed by atoms with van der Waals surface area (Å²) in [4.78, 5) is 17.0. The smallest absolute Gasteiger partial charge is 0.407 e. The van der Waals surface area contributed by atoms with Crippen molar-refractivity contribution in [3.05, 3.63) is 72.2 Å². The number of nitriles is 1. The van der Waals surface area contributed by atoms with Gasteiger partial charge in [-0.25, -0.2) is 17.2 Å². The number of carbonyl (C=O) groups is 1. The van der Waals surface area contributed by atoms with Crippen molar-refractivity contribution in [1.82, 2.24) is 13.9 Å². The lowest BCUT2D eigenvalue weighted by atomic mass is 9.96. The first-order chi connectivity index (χ1) is 15.0. The monoisotopic (exact) mass is 452 g/mol. The Morgan fingerprint density at radius 1 is 1.22 bits per heavy atom. The van der Waals surface area contributed by atoms with E-state index in [2.05, 4.69) is 11.1 Å². The van der Waals surface area contributed by atoms with E-state index in [0.717, 1.165) is 3.97 Å². The maximum absolute atomic E-state index is 13.4. The third-order valence-corrected chi connectivity index (χ3v) is 6.29. The van der Waals surface area contributed by atoms with Crippen molar-refractivity contribution >= 4 is 16.1 Å². The highest BCUT2D eigenvalue weighted by molar-refractivity contribution is 7.90. The molecule has 166 valence electrons. The lowest BCUT2D eigenvalue weighted by molar-refractivity contribution is 0.123. The summed E-state index contributed by atoms with van der Waals surface area (Å²) in [6, 6.07) is 13.3. The molecule has 1 aromatic carbocycles. The molecule has 0 aliphatic heterocycles. The molecule has 0 saturated heterocycles. The number of nitrogens with zero attached hydrogens (tertiary/aromatic N) is 4. The second-order valence-corrected chi connectivity index (χ2v) is 10.4. The SMILES string of the molecule is CC(C)(C)CN(Cc1cc(-c2cccc(C#N)c2)n(S(=O)(=O)c2cccnc2)c1)C(=O)O. The zero-order valence-electron chi connectivity index (χ0n) is 18.1. The first-order valence-electron chi connectivity index (χ1n) is 9.86. The Morgan fingerprint density at radius 2 is 1.97 bits per heavy atom. The Kier molecular flexibility index (Phi) is 6.37. The average molecular weight is 453 g/mol. The van der Waals surface area contributed by atoms with Crippen LogP contribution in [0.1, 0.15) is 31.9 Å². The van der Waals surface area contributed by atoms with E-state index in [4.69, 9.17) is 0 Å². The van der Waals surface area contributed by atoms with Gasteiger partial charge < -0.3 is 10.0 Å². The van der Waals surface area contributed by atoms with Crippen LogP contribution in [0.3, 0.4) is 0 Å². The van der Waals surface area contributed by atoms with Gasteiger partial charge in [0, 0.05) is 30.7 Å². The van der Waals surface area contributed by atoms with E-state index in [-0.39, 0.29) is 23.4 Å². The predicted octanol–water partition coefficient (Wildman–Crippen LogP) is 4.18. The van der Waals surface area contributed by atoms with Crippen LogP contribution in [0.25, 0.3) is 11.3 Å². The summed E-state index contributed by atoms with van der Waals surface area (Å²) in [5, 5.41) is 18.9. The number of aromatic nitrogens is 2. The number of pyridine rings is 1. The summed E-state index contributed by atoms with van der Waals surface area (Å²) in [6.45, 7) is 6.09. The van der Waals surface area contributed by atoms with Crippen LogP contribution < -0.4 is 0 Å². The van der Waals surface area contributed by atoms with E-state index in [1.807, 2.05) is 20.8 Å². The van der Waals surface area contributed by atoms with Crippen molar-refractivity contribution in [2.24, 2.45) is 5.41 Å². The first-order valence-corrected chi connectivity index (χ1v) is 11.3. The van der Waals surface area contributed by atoms with Crippen LogP contribution in [-0.2, 0) is 16.6 Å². The van der Waals surface area contributed by atoms with Gasteiger partial charge in [0.05, 0.1) is 23.9 Å². The highest BCUT2D eigenvalue weighted by Crippen LogP contribution is 2.29. The fourth-order valence-electron chi connectivity index (χ4n) is 3.34. The van der Waals surface area contributed by atoms with Crippen molar-refractivity contribution in [3.8, 4) is 17.3 Å². The summed E-state index contributed by atoms with van der Waals surface area (Å²) in [6.07, 6.45) is 3.08. The van der Waals surface area contributed by atoms with E-state index >= 15 is 0 Å². The molecule has 0 radical (unpaired) electrons. The topological polar surface area (TPSA) is 116 Å². The molecule has 1 amide bonds. The standard InChI is InChI=1S/C23H24N4O4S/c1-23(2,3)16-26(22(28)29)14-18-11-21(19-7-4-6-17(10-19)12-24)27(15-18)32(30,31)20-8-5-9-25-13-20/h4-11,13,15H,14,16H2,1-3H3,(H,28,29). The lowest BCUT2D eigenvalue weighted by Crippen LogP contribution is -2.36. The minimum atomic E-state index is -4.00. The van der Waals surface area contributed by atoms with Crippen molar-refractivity contribution in [2.75, 3.05) is 6.54 Å². The Balaban J connectivity index is 2.14. The molecule has 0 saturated carbocycles. The maximum atomic E-state index is 13.4. The van der Waals surface area contributed by atoms with Gasteiger partial charge in [-0.15, -0.1) is 0 Å². The second-order valence-electron chi connectivity index (χ2n) is 8.62. The van der Waals surface area contributed by atoms with Crippen LogP contribution in [0.5, 0.6) is 0 Å². The fraction of sp³-hybridized carbons (Fsp3) is 0.261. The molecule has 8 nitrogen and oxygen atoms in total. The summed E-state index contributed by atoms with van der Waals surface area (Å²) < 4.78 is 27.9. The van der Waals surface area contributed by atoms with Crippen molar-refractivity contribution in [3.63, 3.8) is 0 Å². The Bertz CT molecular complexity index is 1270. The van der Waals surface area contributed by atoms with Gasteiger partial charge in [-0.05, 0) is 41.3 Å². The second kappa shape index (κ2) is 8.85. The van der Waals surface area contributed by atoms with Crippen LogP contribution >= 0.6 is 0 Å². The highest BCUT2D eigenvalue weighted by Gasteiger charge is 2.25. The molecular formula is C23H24N4O4S. The van der Waals surface area contributed by atoms with Gasteiger partial charge in [-0.2, -0.15) is 5.26 Å². The highest BCUT2D eigenvalue weighted by atomic mass is 32.2. The van der Waals surface area contributed by atoms with Gasteiger partial charge >= 0.3 is 6.09 Å². The van der Waals surface area contributed by atoms with Crippen LogP contribution in [0, 0.1) is 16.7 Å². The summed E-state index contributed by atoms with van der Waals surface area (Å²) >= 11 is 0. The van der Waals surface area contributed by atoms with E-state index in [1.165, 1.54) is 35.6 Å². The molecule has 1 N–H and O–H groups in total. The first kappa shape index (κ1) is 23.0. The number of amides is 1. The summed E-state index contributed by atoms with van der Waals surface area (Å²) in [7, 11) is -4.00. The third kappa shape index (κ3) is 5.15. The fourth-order valence-corrected chi connectivity index (χ4v) is 4.70. The molecule has 9 heteroatoms. The molecule has 0 atom stereocenters. The Labute approximate surface area is 187 Å². The van der Waals surface area contributed by atoms with E-state index < -0.39 is 16.1 Å². The third-order valence-electron chi connectivity index (χ3n) is 4.63. The molecule has 3 rings (SSSR count). The quantitative estimate of drug-likeness (QED) is 0.600. The van der Waals surface area contributed by atoms with Crippen molar-refractivity contribution < 1.29 is 18.3 Å². The Morgan fingerprint density at radius 3 is 2.56 bits per heavy atom. The molecule has 0 bridgehead atoms. The molecule has 0 spiro atoms. The molecule has 0 unspecified atom stereocenters. The molecular weight excluding hydrogens is 428 g/mol. The zero-order chi connectivity index (χ0) is 23.5. The minimum absolute atomic E-state index is 0.00428. The van der Waals surface area contributed by atoms with Gasteiger partial charge in [0.15, 0.2) is 0 Å². The van der Waals surface area contributed by atoms with Crippen LogP contribution in [0.4, 0.5) is 4.79 Å². The van der Waals surface area contributed by atoms with E-state index in [9.17, 15) is 23.6 Å². The zero-order valence-corrected chi connectivity index (χ0v) is 18.9. The molecule has 0 aliphatic rings. The van der Waals surface area contributed by atoms with Gasteiger partial charge in [0.1, 0.15) is 4.90 Å². The number of hydrogen-bond donors (Lipinski definition) is 1. The maximum Gasteiger partial charge on any atom is 0.407 e. The van der Waals surface area contributed by atoms with Crippen molar-refractivity contribution in [2.45, 2.75) is 32.2 Å². The normalized spacial score (nSPS) is 11.7. The van der Waals surface area contributed by atoms with Gasteiger partial charge in [0.2, 0.25) is 0 Å². The van der Waals surface area contributed by atoms with Crippen LogP contribution in [0.15, 0.2) is 66.0 Å². The molecule has 2 aromatic heterocycles. The number of hydrogen-bond acceptors (Lipinski definition) is 5. The average Bonchev–Trinajstić information content (AvgIpc) is 3.18. The van der Waals surface area contributed by atoms with Gasteiger partial charge in [-0.1, -0.05) is 32.9 Å². The molecule has 2 heterocycles. The number of carboxylic acid groups (broad SMARTS) is 1. The van der Waals surface area contributed by atoms with Crippen LogP contribution in [-0.4, -0.2) is 40.0 Å². The molecule has 32 heavy (non-hydrogen) atoms. The Hall–Kier alpha value is -3.64. The van der Waals surface area contributed by atoms with E-state index in [0.29, 0.717) is 22.4 Å². The molecule has 0 aliphatic carbocycles. The van der Waals surface area contributed by atoms with Crippen molar-refractivity contribution in [1.29, 1.82) is 5.26 Å². The summed E-state index contributed by atoms with van der Waals surface area (Å²) in [5.74, 6) is 0. The number of rotatable bonds is 6. The number of benzene rings is 1. The molecule has 0 fully saturated rings. The van der Waals surface area contributed by atoms with E-state index in [1.54, 1.807) is 30.3 Å². The predicted molar refractivity (Wildman–Crippen MR) is 119 cm³/mol. The summed E-state index contributed by atoms with van der Waals surface area (Å²) in [5.41, 5.74) is 1.49. The largest absolute Gasteiger partial charge is 0.465 e. The molecule has 3 aromatic rings. The lowest BCUT2D eigenvalue weighted by Gasteiger charge is -2.27.